The Hall–Kier alpha value is -3.48. The Labute approximate surface area is 172 Å². The van der Waals surface area contributed by atoms with Crippen molar-refractivity contribution in [2.75, 3.05) is 18.6 Å². The summed E-state index contributed by atoms with van der Waals surface area (Å²) in [6, 6.07) is 13.4. The van der Waals surface area contributed by atoms with Gasteiger partial charge in [0, 0.05) is 29.7 Å². The average Bonchev–Trinajstić information content (AvgIpc) is 3.00. The molecule has 3 aromatic carbocycles. The van der Waals surface area contributed by atoms with Gasteiger partial charge in [-0.1, -0.05) is 38.1 Å². The largest absolute Gasteiger partial charge is 0.494 e. The molecule has 0 amide bonds. The quantitative estimate of drug-likeness (QED) is 0.392. The Kier molecular flexibility index (Phi) is 4.68. The second-order valence-corrected chi connectivity index (χ2v) is 7.88. The average molecular weight is 410 g/mol. The van der Waals surface area contributed by atoms with E-state index < -0.39 is 22.0 Å². The summed E-state index contributed by atoms with van der Waals surface area (Å²) in [4.78, 5) is 13.0. The Morgan fingerprint density at radius 3 is 2.40 bits per heavy atom. The lowest BCUT2D eigenvalue weighted by Gasteiger charge is -2.22. The van der Waals surface area contributed by atoms with Gasteiger partial charge in [-0.2, -0.15) is 0 Å². The second kappa shape index (κ2) is 7.09. The van der Waals surface area contributed by atoms with E-state index in [0.29, 0.717) is 34.6 Å². The van der Waals surface area contributed by atoms with Crippen molar-refractivity contribution in [2.24, 2.45) is 0 Å². The first-order valence-electron chi connectivity index (χ1n) is 9.42. The number of para-hydroxylation sites is 2. The number of anilines is 2. The van der Waals surface area contributed by atoms with Gasteiger partial charge in [-0.25, -0.2) is 8.78 Å². The Balaban J connectivity index is 2.04. The number of halogens is 2. The minimum Gasteiger partial charge on any atom is -0.494 e. The molecule has 1 heterocycles. The Bertz CT molecular complexity index is 1140. The summed E-state index contributed by atoms with van der Waals surface area (Å²) in [5.41, 5.74) is 1.93. The molecule has 1 aliphatic rings. The number of nitrogens with zero attached hydrogens (tertiary/aromatic N) is 2. The highest BCUT2D eigenvalue weighted by Gasteiger charge is 2.43. The van der Waals surface area contributed by atoms with Crippen molar-refractivity contribution < 1.29 is 18.4 Å². The maximum Gasteiger partial charge on any atom is 0.292 e. The number of benzene rings is 3. The van der Waals surface area contributed by atoms with Crippen LogP contribution in [0.5, 0.6) is 5.75 Å². The molecule has 0 spiro atoms. The molecule has 7 heteroatoms. The number of ether oxygens (including phenoxy) is 1. The minimum atomic E-state index is -0.557. The van der Waals surface area contributed by atoms with Crippen molar-refractivity contribution >= 4 is 17.1 Å². The van der Waals surface area contributed by atoms with Crippen molar-refractivity contribution in [1.82, 2.24) is 0 Å². The van der Waals surface area contributed by atoms with Gasteiger partial charge in [0.2, 0.25) is 0 Å². The molecular weight excluding hydrogens is 390 g/mol. The third kappa shape index (κ3) is 3.07. The second-order valence-electron chi connectivity index (χ2n) is 7.88. The molecule has 0 bridgehead atoms. The zero-order valence-electron chi connectivity index (χ0n) is 16.8. The van der Waals surface area contributed by atoms with Crippen LogP contribution in [0.1, 0.15) is 19.4 Å². The van der Waals surface area contributed by atoms with Gasteiger partial charge < -0.3 is 9.64 Å². The van der Waals surface area contributed by atoms with Crippen molar-refractivity contribution in [2.45, 2.75) is 19.3 Å². The minimum absolute atomic E-state index is 0.0455. The topological polar surface area (TPSA) is 55.6 Å². The first kappa shape index (κ1) is 19.8. The fourth-order valence-corrected chi connectivity index (χ4v) is 4.20. The Morgan fingerprint density at radius 2 is 1.77 bits per heavy atom. The lowest BCUT2D eigenvalue weighted by atomic mass is 9.81. The van der Waals surface area contributed by atoms with Crippen LogP contribution < -0.4 is 9.64 Å². The maximum absolute atomic E-state index is 15.3. The van der Waals surface area contributed by atoms with Crippen LogP contribution in [-0.2, 0) is 5.41 Å². The number of hydrogen-bond acceptors (Lipinski definition) is 4. The zero-order chi connectivity index (χ0) is 21.6. The normalized spacial score (nSPS) is 14.5. The van der Waals surface area contributed by atoms with Crippen molar-refractivity contribution in [3.8, 4) is 16.9 Å². The van der Waals surface area contributed by atoms with E-state index in [-0.39, 0.29) is 11.4 Å². The highest BCUT2D eigenvalue weighted by molar-refractivity contribution is 5.88. The predicted octanol–water partition coefficient (Wildman–Crippen LogP) is 5.98. The number of fused-ring (bicyclic) bond motifs is 1. The number of nitro benzene ring substituents is 1. The van der Waals surface area contributed by atoms with E-state index in [1.54, 1.807) is 23.1 Å². The van der Waals surface area contributed by atoms with Gasteiger partial charge in [0.15, 0.2) is 0 Å². The summed E-state index contributed by atoms with van der Waals surface area (Å²) in [6.45, 7) is 4.29. The van der Waals surface area contributed by atoms with E-state index in [1.807, 2.05) is 13.8 Å². The first-order valence-corrected chi connectivity index (χ1v) is 9.42. The summed E-state index contributed by atoms with van der Waals surface area (Å²) in [5, 5.41) is 11.6. The van der Waals surface area contributed by atoms with Crippen molar-refractivity contribution in [3.05, 3.63) is 81.9 Å². The molecule has 0 N–H and O–H groups in total. The molecule has 0 saturated heterocycles. The summed E-state index contributed by atoms with van der Waals surface area (Å²) in [6.07, 6.45) is 0. The molecular formula is C23H20F2N2O3. The molecule has 0 aliphatic carbocycles. The summed E-state index contributed by atoms with van der Waals surface area (Å²) >= 11 is 0. The molecule has 5 nitrogen and oxygen atoms in total. The smallest absolute Gasteiger partial charge is 0.292 e. The standard InChI is InChI=1S/C23H20F2N2O3/c1-23(2)13-26(17-6-4-5-7-18(17)27(28)29)22-19(30-3)12-16(25)20(21(22)23)14-8-10-15(24)11-9-14/h4-12H,13H2,1-3H3. The van der Waals surface area contributed by atoms with Crippen LogP contribution >= 0.6 is 0 Å². The van der Waals surface area contributed by atoms with E-state index in [9.17, 15) is 14.5 Å². The predicted molar refractivity (Wildman–Crippen MR) is 111 cm³/mol. The lowest BCUT2D eigenvalue weighted by Crippen LogP contribution is -2.25. The van der Waals surface area contributed by atoms with Crippen LogP contribution in [0.4, 0.5) is 25.8 Å². The zero-order valence-corrected chi connectivity index (χ0v) is 16.8. The van der Waals surface area contributed by atoms with E-state index >= 15 is 4.39 Å². The number of hydrogen-bond donors (Lipinski definition) is 0. The molecule has 4 rings (SSSR count). The fraction of sp³-hybridized carbons (Fsp3) is 0.217. The van der Waals surface area contributed by atoms with E-state index in [1.165, 1.54) is 43.5 Å². The van der Waals surface area contributed by atoms with E-state index in [4.69, 9.17) is 4.74 Å². The maximum atomic E-state index is 15.3. The van der Waals surface area contributed by atoms with Crippen LogP contribution in [-0.4, -0.2) is 18.6 Å². The van der Waals surface area contributed by atoms with Crippen LogP contribution in [0.3, 0.4) is 0 Å². The molecule has 0 radical (unpaired) electrons. The number of nitro groups is 1. The van der Waals surface area contributed by atoms with Gasteiger partial charge in [0.05, 0.1) is 17.7 Å². The number of rotatable bonds is 4. The molecule has 0 aromatic heterocycles. The van der Waals surface area contributed by atoms with Gasteiger partial charge in [-0.05, 0) is 29.3 Å². The third-order valence-electron chi connectivity index (χ3n) is 5.44. The molecule has 1 aliphatic heterocycles. The van der Waals surface area contributed by atoms with E-state index in [0.717, 1.165) is 0 Å². The lowest BCUT2D eigenvalue weighted by molar-refractivity contribution is -0.384. The summed E-state index contributed by atoms with van der Waals surface area (Å²) < 4.78 is 34.2. The Morgan fingerprint density at radius 1 is 1.10 bits per heavy atom. The molecule has 0 atom stereocenters. The van der Waals surface area contributed by atoms with Crippen LogP contribution in [0.15, 0.2) is 54.6 Å². The molecule has 30 heavy (non-hydrogen) atoms. The molecule has 0 saturated carbocycles. The van der Waals surface area contributed by atoms with Crippen molar-refractivity contribution in [1.29, 1.82) is 0 Å². The molecule has 0 fully saturated rings. The fourth-order valence-electron chi connectivity index (χ4n) is 4.20. The van der Waals surface area contributed by atoms with Gasteiger partial charge >= 0.3 is 0 Å². The number of methoxy groups -OCH3 is 1. The molecule has 0 unspecified atom stereocenters. The van der Waals surface area contributed by atoms with Gasteiger partial charge in [0.1, 0.15) is 23.1 Å². The van der Waals surface area contributed by atoms with Crippen LogP contribution in [0.25, 0.3) is 11.1 Å². The molecule has 3 aromatic rings. The van der Waals surface area contributed by atoms with Crippen LogP contribution in [0.2, 0.25) is 0 Å². The van der Waals surface area contributed by atoms with Gasteiger partial charge in [-0.15, -0.1) is 0 Å². The monoisotopic (exact) mass is 410 g/mol. The summed E-state index contributed by atoms with van der Waals surface area (Å²) in [5.74, 6) is -0.614. The SMILES string of the molecule is COc1cc(F)c(-c2ccc(F)cc2)c2c1N(c1ccccc1[N+](=O)[O-])CC2(C)C. The van der Waals surface area contributed by atoms with Crippen molar-refractivity contribution in [3.63, 3.8) is 0 Å². The van der Waals surface area contributed by atoms with Gasteiger partial charge in [-0.3, -0.25) is 10.1 Å². The highest BCUT2D eigenvalue weighted by Crippen LogP contribution is 2.54. The van der Waals surface area contributed by atoms with Gasteiger partial charge in [0.25, 0.3) is 5.69 Å². The first-order chi connectivity index (χ1) is 14.2. The third-order valence-corrected chi connectivity index (χ3v) is 5.44. The highest BCUT2D eigenvalue weighted by atomic mass is 19.1. The van der Waals surface area contributed by atoms with Crippen LogP contribution in [0, 0.1) is 21.7 Å². The van der Waals surface area contributed by atoms with E-state index in [2.05, 4.69) is 0 Å². The summed E-state index contributed by atoms with van der Waals surface area (Å²) in [7, 11) is 1.44. The molecule has 154 valence electrons.